The number of benzene rings is 1. The van der Waals surface area contributed by atoms with E-state index in [4.69, 9.17) is 0 Å². The van der Waals surface area contributed by atoms with Crippen molar-refractivity contribution in [1.29, 1.82) is 0 Å². The Kier molecular flexibility index (Phi) is 2.59. The number of nitrogens with zero attached hydrogens (tertiary/aromatic N) is 2. The van der Waals surface area contributed by atoms with E-state index in [1.165, 1.54) is 18.6 Å². The topological polar surface area (TPSA) is 29.9 Å². The first-order valence-electron chi connectivity index (χ1n) is 6.08. The lowest BCUT2D eigenvalue weighted by atomic mass is 9.99. The van der Waals surface area contributed by atoms with Gasteiger partial charge in [0.05, 0.1) is 11.0 Å². The second-order valence-corrected chi connectivity index (χ2v) is 4.71. The largest absolute Gasteiger partial charge is 0.331 e. The summed E-state index contributed by atoms with van der Waals surface area (Å²) < 4.78 is 15.2. The van der Waals surface area contributed by atoms with E-state index in [-0.39, 0.29) is 5.82 Å². The molecule has 1 fully saturated rings. The second-order valence-electron chi connectivity index (χ2n) is 4.71. The van der Waals surface area contributed by atoms with Crippen LogP contribution in [0.4, 0.5) is 4.39 Å². The second kappa shape index (κ2) is 4.11. The van der Waals surface area contributed by atoms with Gasteiger partial charge in [0.15, 0.2) is 0 Å². The van der Waals surface area contributed by atoms with Crippen LogP contribution in [-0.4, -0.2) is 22.6 Å². The van der Waals surface area contributed by atoms with Gasteiger partial charge in [-0.15, -0.1) is 0 Å². The van der Waals surface area contributed by atoms with E-state index >= 15 is 0 Å². The summed E-state index contributed by atoms with van der Waals surface area (Å²) in [4.78, 5) is 4.58. The lowest BCUT2D eigenvalue weighted by molar-refractivity contribution is 0.440. The van der Waals surface area contributed by atoms with Gasteiger partial charge in [-0.25, -0.2) is 9.37 Å². The van der Waals surface area contributed by atoms with Crippen LogP contribution >= 0.6 is 0 Å². The molecule has 3 nitrogen and oxygen atoms in total. The molecule has 0 bridgehead atoms. The summed E-state index contributed by atoms with van der Waals surface area (Å²) in [5, 5.41) is 3.39. The predicted octanol–water partition coefficient (Wildman–Crippen LogP) is 2.18. The molecule has 2 heterocycles. The average molecular weight is 233 g/mol. The molecule has 0 spiro atoms. The number of aryl methyl sites for hydroxylation is 1. The Hall–Kier alpha value is -1.42. The maximum absolute atomic E-state index is 13.2. The summed E-state index contributed by atoms with van der Waals surface area (Å²) >= 11 is 0. The van der Waals surface area contributed by atoms with E-state index in [0.717, 1.165) is 36.4 Å². The highest BCUT2D eigenvalue weighted by Gasteiger charge is 2.20. The highest BCUT2D eigenvalue weighted by Crippen LogP contribution is 2.25. The first-order chi connectivity index (χ1) is 8.25. The van der Waals surface area contributed by atoms with E-state index in [0.29, 0.717) is 5.92 Å². The highest BCUT2D eigenvalue weighted by atomic mass is 19.1. The predicted molar refractivity (Wildman–Crippen MR) is 65.5 cm³/mol. The number of hydrogen-bond donors (Lipinski definition) is 1. The van der Waals surface area contributed by atoms with Gasteiger partial charge < -0.3 is 9.88 Å². The molecule has 17 heavy (non-hydrogen) atoms. The van der Waals surface area contributed by atoms with Gasteiger partial charge >= 0.3 is 0 Å². The molecule has 0 amide bonds. The van der Waals surface area contributed by atoms with E-state index in [1.807, 2.05) is 7.05 Å². The first kappa shape index (κ1) is 10.7. The van der Waals surface area contributed by atoms with E-state index in [9.17, 15) is 4.39 Å². The molecule has 0 radical (unpaired) electrons. The fraction of sp³-hybridized carbons (Fsp3) is 0.462. The molecule has 1 N–H and O–H groups in total. The smallest absolute Gasteiger partial charge is 0.125 e. The lowest BCUT2D eigenvalue weighted by Gasteiger charge is -2.22. The zero-order chi connectivity index (χ0) is 11.8. The number of halogens is 1. The van der Waals surface area contributed by atoms with Crippen molar-refractivity contribution < 1.29 is 4.39 Å². The normalized spacial score (nSPS) is 20.9. The van der Waals surface area contributed by atoms with Gasteiger partial charge in [-0.2, -0.15) is 0 Å². The molecule has 1 aliphatic heterocycles. The number of hydrogen-bond acceptors (Lipinski definition) is 2. The summed E-state index contributed by atoms with van der Waals surface area (Å²) in [7, 11) is 2.01. The molecule has 1 aromatic carbocycles. The molecule has 1 aliphatic rings. The minimum absolute atomic E-state index is 0.219. The molecular formula is C13H16FN3. The van der Waals surface area contributed by atoms with E-state index < -0.39 is 0 Å². The van der Waals surface area contributed by atoms with Crippen LogP contribution in [0.25, 0.3) is 11.0 Å². The zero-order valence-electron chi connectivity index (χ0n) is 9.91. The van der Waals surface area contributed by atoms with Crippen molar-refractivity contribution in [3.63, 3.8) is 0 Å². The van der Waals surface area contributed by atoms with Crippen LogP contribution in [0.3, 0.4) is 0 Å². The molecule has 0 aliphatic carbocycles. The maximum atomic E-state index is 13.2. The number of aromatic nitrogens is 2. The summed E-state index contributed by atoms with van der Waals surface area (Å²) in [6, 6.07) is 4.80. The van der Waals surface area contributed by atoms with Gasteiger partial charge in [0.25, 0.3) is 0 Å². The van der Waals surface area contributed by atoms with Crippen LogP contribution in [-0.2, 0) is 7.05 Å². The summed E-state index contributed by atoms with van der Waals surface area (Å²) in [6.07, 6.45) is 2.34. The number of rotatable bonds is 1. The molecule has 1 atom stereocenters. The minimum atomic E-state index is -0.219. The third-order valence-electron chi connectivity index (χ3n) is 3.54. The molecule has 2 aromatic rings. The molecule has 1 unspecified atom stereocenters. The molecule has 90 valence electrons. The van der Waals surface area contributed by atoms with Gasteiger partial charge in [0.2, 0.25) is 0 Å². The van der Waals surface area contributed by atoms with E-state index in [1.54, 1.807) is 6.07 Å². The fourth-order valence-electron chi connectivity index (χ4n) is 2.63. The third kappa shape index (κ3) is 1.82. The van der Waals surface area contributed by atoms with Crippen molar-refractivity contribution in [2.45, 2.75) is 18.8 Å². The van der Waals surface area contributed by atoms with Gasteiger partial charge in [-0.05, 0) is 31.5 Å². The number of piperidine rings is 1. The van der Waals surface area contributed by atoms with Crippen molar-refractivity contribution in [2.24, 2.45) is 7.05 Å². The Morgan fingerprint density at radius 3 is 3.12 bits per heavy atom. The quantitative estimate of drug-likeness (QED) is 0.818. The van der Waals surface area contributed by atoms with Crippen LogP contribution in [0.5, 0.6) is 0 Å². The van der Waals surface area contributed by atoms with Gasteiger partial charge in [0.1, 0.15) is 11.6 Å². The summed E-state index contributed by atoms with van der Waals surface area (Å²) in [6.45, 7) is 2.06. The number of imidazole rings is 1. The lowest BCUT2D eigenvalue weighted by Crippen LogP contribution is -2.29. The Labute approximate surface area is 99.7 Å². The Morgan fingerprint density at radius 2 is 2.35 bits per heavy atom. The van der Waals surface area contributed by atoms with Crippen molar-refractivity contribution in [3.8, 4) is 0 Å². The van der Waals surface area contributed by atoms with Gasteiger partial charge in [0, 0.05) is 25.6 Å². The van der Waals surface area contributed by atoms with Crippen molar-refractivity contribution in [3.05, 3.63) is 29.8 Å². The number of nitrogens with one attached hydrogen (secondary N) is 1. The Bertz CT molecular complexity index is 541. The molecule has 3 rings (SSSR count). The van der Waals surface area contributed by atoms with Crippen LogP contribution in [0.15, 0.2) is 18.2 Å². The third-order valence-corrected chi connectivity index (χ3v) is 3.54. The molecule has 1 aromatic heterocycles. The van der Waals surface area contributed by atoms with Gasteiger partial charge in [-0.3, -0.25) is 0 Å². The molecule has 0 saturated carbocycles. The SMILES string of the molecule is Cn1c(C2CCCNC2)nc2cc(F)ccc21. The van der Waals surface area contributed by atoms with Crippen molar-refractivity contribution in [1.82, 2.24) is 14.9 Å². The number of fused-ring (bicyclic) bond motifs is 1. The van der Waals surface area contributed by atoms with E-state index in [2.05, 4.69) is 14.9 Å². The van der Waals surface area contributed by atoms with Crippen molar-refractivity contribution >= 4 is 11.0 Å². The highest BCUT2D eigenvalue weighted by molar-refractivity contribution is 5.76. The maximum Gasteiger partial charge on any atom is 0.125 e. The van der Waals surface area contributed by atoms with Crippen LogP contribution < -0.4 is 5.32 Å². The molecule has 1 saturated heterocycles. The Balaban J connectivity index is 2.07. The minimum Gasteiger partial charge on any atom is -0.331 e. The molecular weight excluding hydrogens is 217 g/mol. The van der Waals surface area contributed by atoms with Crippen LogP contribution in [0.1, 0.15) is 24.6 Å². The Morgan fingerprint density at radius 1 is 1.47 bits per heavy atom. The monoisotopic (exact) mass is 233 g/mol. The molecule has 4 heteroatoms. The summed E-state index contributed by atoms with van der Waals surface area (Å²) in [5.74, 6) is 1.30. The van der Waals surface area contributed by atoms with Gasteiger partial charge in [-0.1, -0.05) is 0 Å². The van der Waals surface area contributed by atoms with Crippen molar-refractivity contribution in [2.75, 3.05) is 13.1 Å². The zero-order valence-corrected chi connectivity index (χ0v) is 9.91. The first-order valence-corrected chi connectivity index (χ1v) is 6.08. The van der Waals surface area contributed by atoms with Crippen LogP contribution in [0, 0.1) is 5.82 Å². The standard InChI is InChI=1S/C13H16FN3/c1-17-12-5-4-10(14)7-11(12)16-13(17)9-3-2-6-15-8-9/h4-5,7,9,15H,2-3,6,8H2,1H3. The summed E-state index contributed by atoms with van der Waals surface area (Å²) in [5.41, 5.74) is 1.76. The fourth-order valence-corrected chi connectivity index (χ4v) is 2.63. The van der Waals surface area contributed by atoms with Crippen LogP contribution in [0.2, 0.25) is 0 Å². The average Bonchev–Trinajstić information content (AvgIpc) is 2.67.